The lowest BCUT2D eigenvalue weighted by molar-refractivity contribution is -0.128. The molecule has 2 fully saturated rings. The molecule has 4 nitrogen and oxygen atoms in total. The Bertz CT molecular complexity index is 879. The van der Waals surface area contributed by atoms with Crippen LogP contribution in [0.15, 0.2) is 48.5 Å². The molecule has 2 aromatic rings. The van der Waals surface area contributed by atoms with Crippen LogP contribution in [0.3, 0.4) is 0 Å². The van der Waals surface area contributed by atoms with E-state index < -0.39 is 0 Å². The van der Waals surface area contributed by atoms with Gasteiger partial charge in [0, 0.05) is 30.2 Å². The second kappa shape index (κ2) is 8.80. The van der Waals surface area contributed by atoms with E-state index in [9.17, 15) is 9.59 Å². The Kier molecular flexibility index (Phi) is 6.16. The summed E-state index contributed by atoms with van der Waals surface area (Å²) < 4.78 is 0. The number of carbonyl (C=O) groups excluding carboxylic acids is 2. The van der Waals surface area contributed by atoms with Crippen molar-refractivity contribution in [1.29, 1.82) is 0 Å². The topological polar surface area (TPSA) is 40.6 Å². The van der Waals surface area contributed by atoms with Gasteiger partial charge in [0.1, 0.15) is 5.37 Å². The molecule has 0 radical (unpaired) electrons. The van der Waals surface area contributed by atoms with Gasteiger partial charge in [-0.25, -0.2) is 0 Å². The van der Waals surface area contributed by atoms with Crippen LogP contribution in [0.5, 0.6) is 0 Å². The summed E-state index contributed by atoms with van der Waals surface area (Å²) in [5, 5.41) is 0.658. The minimum Gasteiger partial charge on any atom is -0.339 e. The summed E-state index contributed by atoms with van der Waals surface area (Å²) in [5.41, 5.74) is 2.82. The first-order chi connectivity index (χ1) is 14.0. The van der Waals surface area contributed by atoms with Crippen LogP contribution in [0.2, 0.25) is 5.02 Å². The fourth-order valence-electron chi connectivity index (χ4n) is 4.14. The number of amides is 2. The van der Waals surface area contributed by atoms with Crippen molar-refractivity contribution in [3.63, 3.8) is 0 Å². The second-order valence-electron chi connectivity index (χ2n) is 7.79. The van der Waals surface area contributed by atoms with Gasteiger partial charge in [-0.3, -0.25) is 9.59 Å². The number of hydrogen-bond acceptors (Lipinski definition) is 3. The van der Waals surface area contributed by atoms with Crippen LogP contribution in [-0.4, -0.2) is 40.5 Å². The van der Waals surface area contributed by atoms with Crippen LogP contribution in [-0.2, 0) is 11.3 Å². The van der Waals surface area contributed by atoms with Gasteiger partial charge in [0.25, 0.3) is 5.91 Å². The molecule has 2 aromatic carbocycles. The molecular formula is C23H25ClN2O2S. The Labute approximate surface area is 181 Å². The zero-order valence-corrected chi connectivity index (χ0v) is 18.1. The summed E-state index contributed by atoms with van der Waals surface area (Å²) >= 11 is 7.60. The normalized spacial score (nSPS) is 19.7. The maximum atomic E-state index is 12.8. The summed E-state index contributed by atoms with van der Waals surface area (Å²) in [7, 11) is 1.91. The maximum Gasteiger partial charge on any atom is 0.253 e. The number of hydrogen-bond donors (Lipinski definition) is 0. The molecule has 1 saturated heterocycles. The maximum absolute atomic E-state index is 12.8. The fraction of sp³-hybridized carbons (Fsp3) is 0.391. The third-order valence-electron chi connectivity index (χ3n) is 5.87. The van der Waals surface area contributed by atoms with Gasteiger partial charge in [-0.1, -0.05) is 48.7 Å². The standard InChI is InChI=1S/C23H25ClN2O2S/c1-25(20-4-2-3-5-20)22(28)17-8-10-18(11-9-17)23-26(21(27)15-29-23)14-16-6-12-19(24)13-7-16/h6-13,20,23H,2-5,14-15H2,1H3/t23-/m0/s1. The van der Waals surface area contributed by atoms with Gasteiger partial charge in [-0.05, 0) is 48.2 Å². The van der Waals surface area contributed by atoms with Crippen LogP contribution in [0.25, 0.3) is 0 Å². The molecule has 0 N–H and O–H groups in total. The van der Waals surface area contributed by atoms with Crippen LogP contribution in [0, 0.1) is 0 Å². The van der Waals surface area contributed by atoms with Crippen molar-refractivity contribution >= 4 is 35.2 Å². The van der Waals surface area contributed by atoms with Crippen molar-refractivity contribution in [3.05, 3.63) is 70.2 Å². The lowest BCUT2D eigenvalue weighted by Gasteiger charge is -2.26. The van der Waals surface area contributed by atoms with Crippen LogP contribution in [0.1, 0.15) is 52.5 Å². The summed E-state index contributed by atoms with van der Waals surface area (Å²) in [6.07, 6.45) is 4.61. The largest absolute Gasteiger partial charge is 0.339 e. The van der Waals surface area contributed by atoms with E-state index in [4.69, 9.17) is 11.6 Å². The van der Waals surface area contributed by atoms with E-state index in [1.54, 1.807) is 11.8 Å². The van der Waals surface area contributed by atoms with Crippen molar-refractivity contribution < 1.29 is 9.59 Å². The lowest BCUT2D eigenvalue weighted by Crippen LogP contribution is -2.35. The minimum atomic E-state index is -0.0325. The number of benzene rings is 2. The molecule has 1 aliphatic carbocycles. The molecule has 1 aliphatic heterocycles. The molecule has 0 spiro atoms. The van der Waals surface area contributed by atoms with Crippen molar-refractivity contribution in [2.24, 2.45) is 0 Å². The Balaban J connectivity index is 1.47. The third kappa shape index (κ3) is 4.46. The van der Waals surface area contributed by atoms with Gasteiger partial charge in [0.2, 0.25) is 5.91 Å². The van der Waals surface area contributed by atoms with E-state index >= 15 is 0 Å². The summed E-state index contributed by atoms with van der Waals surface area (Å²) in [4.78, 5) is 29.0. The van der Waals surface area contributed by atoms with Crippen molar-refractivity contribution in [3.8, 4) is 0 Å². The summed E-state index contributed by atoms with van der Waals surface area (Å²) in [6, 6.07) is 15.7. The molecule has 1 saturated carbocycles. The molecule has 0 bridgehead atoms. The average Bonchev–Trinajstić information content (AvgIpc) is 3.40. The van der Waals surface area contributed by atoms with E-state index in [0.717, 1.165) is 24.0 Å². The monoisotopic (exact) mass is 428 g/mol. The number of nitrogens with zero attached hydrogens (tertiary/aromatic N) is 2. The first-order valence-electron chi connectivity index (χ1n) is 10.1. The van der Waals surface area contributed by atoms with Gasteiger partial charge in [-0.2, -0.15) is 0 Å². The van der Waals surface area contributed by atoms with E-state index in [2.05, 4.69) is 0 Å². The molecular weight excluding hydrogens is 404 g/mol. The number of carbonyl (C=O) groups is 2. The van der Waals surface area contributed by atoms with Gasteiger partial charge >= 0.3 is 0 Å². The smallest absolute Gasteiger partial charge is 0.253 e. The number of halogens is 1. The molecule has 4 rings (SSSR count). The molecule has 0 aromatic heterocycles. The molecule has 152 valence electrons. The number of rotatable bonds is 5. The van der Waals surface area contributed by atoms with Crippen molar-refractivity contribution in [1.82, 2.24) is 9.80 Å². The Morgan fingerprint density at radius 2 is 1.76 bits per heavy atom. The highest BCUT2D eigenvalue weighted by atomic mass is 35.5. The SMILES string of the molecule is CN(C(=O)c1ccc([C@@H]2SCC(=O)N2Cc2ccc(Cl)cc2)cc1)C1CCCC1. The highest BCUT2D eigenvalue weighted by Gasteiger charge is 2.33. The van der Waals surface area contributed by atoms with Gasteiger partial charge in [-0.15, -0.1) is 11.8 Å². The van der Waals surface area contributed by atoms with Crippen LogP contribution >= 0.6 is 23.4 Å². The quantitative estimate of drug-likeness (QED) is 0.662. The van der Waals surface area contributed by atoms with E-state index in [1.807, 2.05) is 65.4 Å². The highest BCUT2D eigenvalue weighted by Crippen LogP contribution is 2.39. The molecule has 1 heterocycles. The first kappa shape index (κ1) is 20.3. The zero-order chi connectivity index (χ0) is 20.4. The predicted molar refractivity (Wildman–Crippen MR) is 118 cm³/mol. The van der Waals surface area contributed by atoms with Crippen molar-refractivity contribution in [2.45, 2.75) is 43.6 Å². The Morgan fingerprint density at radius 1 is 1.10 bits per heavy atom. The van der Waals surface area contributed by atoms with Gasteiger partial charge in [0.05, 0.1) is 5.75 Å². The molecule has 2 amide bonds. The zero-order valence-electron chi connectivity index (χ0n) is 16.5. The average molecular weight is 429 g/mol. The van der Waals surface area contributed by atoms with E-state index in [1.165, 1.54) is 12.8 Å². The summed E-state index contributed by atoms with van der Waals surface area (Å²) in [5.74, 6) is 0.691. The van der Waals surface area contributed by atoms with E-state index in [-0.39, 0.29) is 17.2 Å². The molecule has 1 atom stereocenters. The molecule has 2 aliphatic rings. The highest BCUT2D eigenvalue weighted by molar-refractivity contribution is 8.00. The number of thioether (sulfide) groups is 1. The second-order valence-corrected chi connectivity index (χ2v) is 9.29. The fourth-order valence-corrected chi connectivity index (χ4v) is 5.45. The molecule has 29 heavy (non-hydrogen) atoms. The van der Waals surface area contributed by atoms with Crippen LogP contribution in [0.4, 0.5) is 0 Å². The van der Waals surface area contributed by atoms with Gasteiger partial charge in [0.15, 0.2) is 0 Å². The van der Waals surface area contributed by atoms with Crippen LogP contribution < -0.4 is 0 Å². The minimum absolute atomic E-state index is 0.0325. The molecule has 0 unspecified atom stereocenters. The lowest BCUT2D eigenvalue weighted by atomic mass is 10.1. The van der Waals surface area contributed by atoms with Crippen molar-refractivity contribution in [2.75, 3.05) is 12.8 Å². The Hall–Kier alpha value is -1.98. The first-order valence-corrected chi connectivity index (χ1v) is 11.5. The molecule has 6 heteroatoms. The predicted octanol–water partition coefficient (Wildman–Crippen LogP) is 5.13. The third-order valence-corrected chi connectivity index (χ3v) is 7.38. The Morgan fingerprint density at radius 3 is 2.41 bits per heavy atom. The van der Waals surface area contributed by atoms with E-state index in [0.29, 0.717) is 28.9 Å². The summed E-state index contributed by atoms with van der Waals surface area (Å²) in [6.45, 7) is 0.554. The van der Waals surface area contributed by atoms with Gasteiger partial charge < -0.3 is 9.80 Å².